The Morgan fingerprint density at radius 2 is 2.33 bits per heavy atom. The minimum Gasteiger partial charge on any atom is -0.491 e. The second kappa shape index (κ2) is 4.10. The number of hydrogen-bond acceptors (Lipinski definition) is 2. The maximum Gasteiger partial charge on any atom is 0.315 e. The first-order chi connectivity index (χ1) is 7.16. The van der Waals surface area contributed by atoms with Gasteiger partial charge in [-0.05, 0) is 18.2 Å². The quantitative estimate of drug-likeness (QED) is 0.781. The molecule has 1 aliphatic rings. The zero-order chi connectivity index (χ0) is 10.8. The largest absolute Gasteiger partial charge is 0.491 e. The molecule has 15 heavy (non-hydrogen) atoms. The molecule has 1 aliphatic heterocycles. The van der Waals surface area contributed by atoms with Crippen molar-refractivity contribution in [1.82, 2.24) is 4.90 Å². The lowest BCUT2D eigenvalue weighted by Crippen LogP contribution is -2.36. The summed E-state index contributed by atoms with van der Waals surface area (Å²) in [5, 5.41) is 0. The third-order valence-electron chi connectivity index (χ3n) is 2.31. The van der Waals surface area contributed by atoms with Gasteiger partial charge >= 0.3 is 6.03 Å². The summed E-state index contributed by atoms with van der Waals surface area (Å²) in [6, 6.07) is 5.34. The first-order valence-electron chi connectivity index (χ1n) is 4.62. The van der Waals surface area contributed by atoms with E-state index in [4.69, 9.17) is 10.5 Å². The van der Waals surface area contributed by atoms with Crippen molar-refractivity contribution in [2.45, 2.75) is 6.54 Å². The standard InChI is InChI=1S/C10H11BrN2O2/c11-8-1-2-9-7(5-8)6-13(10(12)14)3-4-15-9/h1-2,5H,3-4,6H2,(H2,12,14). The number of urea groups is 1. The number of hydrogen-bond donors (Lipinski definition) is 1. The number of nitrogens with zero attached hydrogens (tertiary/aromatic N) is 1. The summed E-state index contributed by atoms with van der Waals surface area (Å²) in [4.78, 5) is 12.7. The highest BCUT2D eigenvalue weighted by Crippen LogP contribution is 2.26. The van der Waals surface area contributed by atoms with E-state index in [1.807, 2.05) is 18.2 Å². The third-order valence-corrected chi connectivity index (χ3v) is 2.81. The molecule has 0 unspecified atom stereocenters. The Kier molecular flexibility index (Phi) is 2.81. The van der Waals surface area contributed by atoms with Crippen LogP contribution in [0.25, 0.3) is 0 Å². The van der Waals surface area contributed by atoms with Crippen LogP contribution in [0, 0.1) is 0 Å². The summed E-state index contributed by atoms with van der Waals surface area (Å²) >= 11 is 3.38. The van der Waals surface area contributed by atoms with Crippen molar-refractivity contribution >= 4 is 22.0 Å². The van der Waals surface area contributed by atoms with Gasteiger partial charge in [0, 0.05) is 10.0 Å². The second-order valence-electron chi connectivity index (χ2n) is 3.36. The first kappa shape index (κ1) is 10.3. The third kappa shape index (κ3) is 2.23. The van der Waals surface area contributed by atoms with Crippen molar-refractivity contribution in [3.05, 3.63) is 28.2 Å². The number of halogens is 1. The predicted molar refractivity (Wildman–Crippen MR) is 59.6 cm³/mol. The van der Waals surface area contributed by atoms with E-state index in [0.29, 0.717) is 19.7 Å². The Labute approximate surface area is 96.1 Å². The summed E-state index contributed by atoms with van der Waals surface area (Å²) in [5.41, 5.74) is 6.22. The fourth-order valence-corrected chi connectivity index (χ4v) is 1.96. The Morgan fingerprint density at radius 3 is 3.07 bits per heavy atom. The zero-order valence-corrected chi connectivity index (χ0v) is 9.66. The maximum absolute atomic E-state index is 11.1. The van der Waals surface area contributed by atoms with Crippen molar-refractivity contribution in [2.75, 3.05) is 13.2 Å². The molecular formula is C10H11BrN2O2. The van der Waals surface area contributed by atoms with E-state index in [1.165, 1.54) is 0 Å². The normalized spacial score (nSPS) is 15.1. The van der Waals surface area contributed by atoms with Gasteiger partial charge in [-0.25, -0.2) is 4.79 Å². The highest BCUT2D eigenvalue weighted by molar-refractivity contribution is 9.10. The van der Waals surface area contributed by atoms with Gasteiger partial charge in [0.25, 0.3) is 0 Å². The van der Waals surface area contributed by atoms with Gasteiger partial charge in [-0.1, -0.05) is 15.9 Å². The van der Waals surface area contributed by atoms with Crippen LogP contribution in [0.5, 0.6) is 5.75 Å². The summed E-state index contributed by atoms with van der Waals surface area (Å²) in [6.45, 7) is 1.52. The van der Waals surface area contributed by atoms with Crippen LogP contribution in [0.2, 0.25) is 0 Å². The number of carbonyl (C=O) groups is 1. The molecule has 0 radical (unpaired) electrons. The van der Waals surface area contributed by atoms with Gasteiger partial charge in [0.15, 0.2) is 0 Å². The smallest absolute Gasteiger partial charge is 0.315 e. The Balaban J connectivity index is 2.31. The minimum absolute atomic E-state index is 0.411. The fourth-order valence-electron chi connectivity index (χ4n) is 1.55. The van der Waals surface area contributed by atoms with Crippen LogP contribution in [0.1, 0.15) is 5.56 Å². The van der Waals surface area contributed by atoms with Crippen molar-refractivity contribution in [2.24, 2.45) is 5.73 Å². The summed E-state index contributed by atoms with van der Waals surface area (Å²) in [5.74, 6) is 0.821. The van der Waals surface area contributed by atoms with E-state index in [1.54, 1.807) is 4.90 Å². The number of benzene rings is 1. The van der Waals surface area contributed by atoms with Crippen molar-refractivity contribution < 1.29 is 9.53 Å². The number of nitrogens with two attached hydrogens (primary N) is 1. The summed E-state index contributed by atoms with van der Waals surface area (Å²) < 4.78 is 6.48. The van der Waals surface area contributed by atoms with Gasteiger partial charge in [-0.2, -0.15) is 0 Å². The van der Waals surface area contributed by atoms with E-state index < -0.39 is 6.03 Å². The monoisotopic (exact) mass is 270 g/mol. The van der Waals surface area contributed by atoms with Gasteiger partial charge in [0.1, 0.15) is 12.4 Å². The van der Waals surface area contributed by atoms with Crippen LogP contribution >= 0.6 is 15.9 Å². The highest BCUT2D eigenvalue weighted by atomic mass is 79.9. The van der Waals surface area contributed by atoms with Gasteiger partial charge in [0.2, 0.25) is 0 Å². The molecule has 0 bridgehead atoms. The lowest BCUT2D eigenvalue weighted by Gasteiger charge is -2.16. The Morgan fingerprint density at radius 1 is 1.53 bits per heavy atom. The molecule has 0 aromatic heterocycles. The highest BCUT2D eigenvalue weighted by Gasteiger charge is 2.17. The molecule has 5 heteroatoms. The molecule has 1 aromatic carbocycles. The average Bonchev–Trinajstić information content (AvgIpc) is 2.39. The number of ether oxygens (including phenoxy) is 1. The van der Waals surface area contributed by atoms with E-state index in [9.17, 15) is 4.79 Å². The Hall–Kier alpha value is -1.23. The molecule has 4 nitrogen and oxygen atoms in total. The number of carbonyl (C=O) groups excluding carboxylic acids is 1. The molecule has 0 saturated heterocycles. The molecule has 2 rings (SSSR count). The lowest BCUT2D eigenvalue weighted by molar-refractivity contribution is 0.197. The number of fused-ring (bicyclic) bond motifs is 1. The molecule has 0 spiro atoms. The van der Waals surface area contributed by atoms with Crippen LogP contribution in [0.4, 0.5) is 4.79 Å². The van der Waals surface area contributed by atoms with Crippen LogP contribution in [-0.4, -0.2) is 24.1 Å². The molecule has 1 aromatic rings. The fraction of sp³-hybridized carbons (Fsp3) is 0.300. The molecule has 0 aliphatic carbocycles. The minimum atomic E-state index is -0.411. The maximum atomic E-state index is 11.1. The van der Waals surface area contributed by atoms with E-state index in [0.717, 1.165) is 15.8 Å². The number of primary amides is 1. The molecule has 80 valence electrons. The van der Waals surface area contributed by atoms with Crippen molar-refractivity contribution in [1.29, 1.82) is 0 Å². The van der Waals surface area contributed by atoms with E-state index in [-0.39, 0.29) is 0 Å². The zero-order valence-electron chi connectivity index (χ0n) is 8.07. The van der Waals surface area contributed by atoms with Crippen molar-refractivity contribution in [3.63, 3.8) is 0 Å². The van der Waals surface area contributed by atoms with Gasteiger partial charge in [-0.3, -0.25) is 0 Å². The average molecular weight is 271 g/mol. The SMILES string of the molecule is NC(=O)N1CCOc2ccc(Br)cc2C1. The first-order valence-corrected chi connectivity index (χ1v) is 5.42. The van der Waals surface area contributed by atoms with E-state index >= 15 is 0 Å². The molecule has 0 saturated carbocycles. The predicted octanol–water partition coefficient (Wildman–Crippen LogP) is 1.72. The van der Waals surface area contributed by atoms with E-state index in [2.05, 4.69) is 15.9 Å². The second-order valence-corrected chi connectivity index (χ2v) is 4.28. The lowest BCUT2D eigenvalue weighted by atomic mass is 10.2. The van der Waals surface area contributed by atoms with Crippen LogP contribution in [-0.2, 0) is 6.54 Å². The Bertz CT molecular complexity index is 395. The van der Waals surface area contributed by atoms with Gasteiger partial charge in [-0.15, -0.1) is 0 Å². The molecule has 2 amide bonds. The summed E-state index contributed by atoms with van der Waals surface area (Å²) in [6.07, 6.45) is 0. The van der Waals surface area contributed by atoms with Crippen molar-refractivity contribution in [3.8, 4) is 5.75 Å². The molecule has 1 heterocycles. The topological polar surface area (TPSA) is 55.6 Å². The number of amides is 2. The molecule has 0 fully saturated rings. The van der Waals surface area contributed by atoms with Crippen LogP contribution in [0.3, 0.4) is 0 Å². The number of rotatable bonds is 0. The molecule has 2 N–H and O–H groups in total. The van der Waals surface area contributed by atoms with Gasteiger partial charge < -0.3 is 15.4 Å². The van der Waals surface area contributed by atoms with Crippen LogP contribution < -0.4 is 10.5 Å². The van der Waals surface area contributed by atoms with Crippen LogP contribution in [0.15, 0.2) is 22.7 Å². The molecule has 0 atom stereocenters. The molecular weight excluding hydrogens is 260 g/mol. The van der Waals surface area contributed by atoms with Gasteiger partial charge in [0.05, 0.1) is 13.1 Å². The summed E-state index contributed by atoms with van der Waals surface area (Å²) in [7, 11) is 0.